The fraction of sp³-hybridized carbons (Fsp3) is 0.591. The van der Waals surface area contributed by atoms with Crippen LogP contribution in [0.15, 0.2) is 46.8 Å². The van der Waals surface area contributed by atoms with E-state index in [0.717, 1.165) is 17.6 Å². The van der Waals surface area contributed by atoms with Gasteiger partial charge in [-0.3, -0.25) is 4.79 Å². The number of rotatable bonds is 10. The van der Waals surface area contributed by atoms with Gasteiger partial charge in [0, 0.05) is 6.42 Å². The fourth-order valence-electron chi connectivity index (χ4n) is 3.40. The lowest BCUT2D eigenvalue weighted by atomic mass is 9.91. The summed E-state index contributed by atoms with van der Waals surface area (Å²) in [6, 6.07) is 1.94. The Bertz CT molecular complexity index is 646. The molecule has 0 aromatic carbocycles. The third-order valence-corrected chi connectivity index (χ3v) is 5.18. The molecule has 5 heteroatoms. The van der Waals surface area contributed by atoms with E-state index in [1.807, 2.05) is 19.1 Å². The Morgan fingerprint density at radius 3 is 2.81 bits per heavy atom. The number of hydrogen-bond donors (Lipinski definition) is 2. The zero-order valence-corrected chi connectivity index (χ0v) is 16.6. The van der Waals surface area contributed by atoms with E-state index >= 15 is 0 Å². The van der Waals surface area contributed by atoms with E-state index < -0.39 is 17.8 Å². The number of hydrogen-bond acceptors (Lipinski definition) is 5. The van der Waals surface area contributed by atoms with Gasteiger partial charge in [-0.05, 0) is 63.5 Å². The molecule has 1 saturated heterocycles. The van der Waals surface area contributed by atoms with Gasteiger partial charge in [-0.15, -0.1) is 0 Å². The number of furan rings is 1. The molecular formula is C22H32O5. The average Bonchev–Trinajstić information content (AvgIpc) is 3.22. The molecule has 0 amide bonds. The molecule has 2 heterocycles. The van der Waals surface area contributed by atoms with Crippen LogP contribution in [0.25, 0.3) is 0 Å². The third kappa shape index (κ3) is 7.00. The second-order valence-corrected chi connectivity index (χ2v) is 7.90. The molecule has 1 fully saturated rings. The molecule has 5 nitrogen and oxygen atoms in total. The molecule has 0 saturated carbocycles. The van der Waals surface area contributed by atoms with Crippen molar-refractivity contribution < 1.29 is 24.2 Å². The summed E-state index contributed by atoms with van der Waals surface area (Å²) < 4.78 is 10.3. The SMILES string of the molecule is C/C(=C\C(O)CC(C)/C=C/Cc1ccoc1)CCC(O)C1(C)CCC(=O)O1. The number of carbonyl (C=O) groups excluding carboxylic acids is 1. The molecule has 4 unspecified atom stereocenters. The van der Waals surface area contributed by atoms with Crippen LogP contribution < -0.4 is 0 Å². The van der Waals surface area contributed by atoms with Crippen molar-refractivity contribution in [3.63, 3.8) is 0 Å². The molecular weight excluding hydrogens is 344 g/mol. The smallest absolute Gasteiger partial charge is 0.306 e. The molecule has 0 bridgehead atoms. The molecule has 1 aliphatic rings. The number of ether oxygens (including phenoxy) is 1. The minimum atomic E-state index is -0.774. The highest BCUT2D eigenvalue weighted by Gasteiger charge is 2.41. The van der Waals surface area contributed by atoms with Crippen LogP contribution in [0.5, 0.6) is 0 Å². The van der Waals surface area contributed by atoms with E-state index in [9.17, 15) is 15.0 Å². The average molecular weight is 376 g/mol. The van der Waals surface area contributed by atoms with Crippen LogP contribution in [-0.4, -0.2) is 34.0 Å². The van der Waals surface area contributed by atoms with Gasteiger partial charge in [0.15, 0.2) is 0 Å². The van der Waals surface area contributed by atoms with Crippen LogP contribution in [0.1, 0.15) is 58.4 Å². The zero-order valence-electron chi connectivity index (χ0n) is 16.6. The summed E-state index contributed by atoms with van der Waals surface area (Å²) in [4.78, 5) is 11.3. The maximum atomic E-state index is 11.3. The van der Waals surface area contributed by atoms with Crippen LogP contribution >= 0.6 is 0 Å². The van der Waals surface area contributed by atoms with Gasteiger partial charge in [-0.25, -0.2) is 0 Å². The Balaban J connectivity index is 1.72. The second-order valence-electron chi connectivity index (χ2n) is 7.90. The lowest BCUT2D eigenvalue weighted by molar-refractivity contribution is -0.156. The minimum absolute atomic E-state index is 0.242. The van der Waals surface area contributed by atoms with E-state index in [2.05, 4.69) is 19.1 Å². The first kappa shape index (κ1) is 21.5. The maximum absolute atomic E-state index is 11.3. The topological polar surface area (TPSA) is 79.9 Å². The molecule has 1 aliphatic heterocycles. The van der Waals surface area contributed by atoms with E-state index in [0.29, 0.717) is 32.1 Å². The van der Waals surface area contributed by atoms with Crippen molar-refractivity contribution in [1.82, 2.24) is 0 Å². The summed E-state index contributed by atoms with van der Waals surface area (Å²) in [6.45, 7) is 5.82. The Morgan fingerprint density at radius 2 is 2.19 bits per heavy atom. The van der Waals surface area contributed by atoms with Crippen LogP contribution in [0.2, 0.25) is 0 Å². The van der Waals surface area contributed by atoms with E-state index in [1.54, 1.807) is 19.5 Å². The van der Waals surface area contributed by atoms with Gasteiger partial charge in [-0.1, -0.05) is 30.7 Å². The number of allylic oxidation sites excluding steroid dienone is 3. The summed E-state index contributed by atoms with van der Waals surface area (Å²) in [5.41, 5.74) is 1.39. The molecule has 0 aliphatic carbocycles. The first-order valence-electron chi connectivity index (χ1n) is 9.71. The van der Waals surface area contributed by atoms with Crippen LogP contribution in [0.4, 0.5) is 0 Å². The van der Waals surface area contributed by atoms with Gasteiger partial charge in [0.05, 0.1) is 24.7 Å². The summed E-state index contributed by atoms with van der Waals surface area (Å²) in [5.74, 6) is 0.0207. The predicted octanol–water partition coefficient (Wildman–Crippen LogP) is 3.95. The monoisotopic (exact) mass is 376 g/mol. The van der Waals surface area contributed by atoms with Crippen molar-refractivity contribution in [2.75, 3.05) is 0 Å². The molecule has 4 atom stereocenters. The lowest BCUT2D eigenvalue weighted by Crippen LogP contribution is -2.39. The Kier molecular flexibility index (Phi) is 7.87. The number of cyclic esters (lactones) is 1. The standard InChI is InChI=1S/C22H32O5/c1-16(5-4-6-18-10-12-26-15-18)13-19(23)14-17(2)7-8-20(24)22(3)11-9-21(25)27-22/h4-5,10,12,14-16,19-20,23-24H,6-9,11,13H2,1-3H3/b5-4+,17-14+. The molecule has 0 radical (unpaired) electrons. The van der Waals surface area contributed by atoms with Gasteiger partial charge < -0.3 is 19.4 Å². The van der Waals surface area contributed by atoms with Crippen molar-refractivity contribution in [2.45, 2.75) is 77.1 Å². The number of carbonyl (C=O) groups is 1. The van der Waals surface area contributed by atoms with Crippen LogP contribution in [0.3, 0.4) is 0 Å². The van der Waals surface area contributed by atoms with Crippen molar-refractivity contribution in [3.05, 3.63) is 48.0 Å². The first-order valence-corrected chi connectivity index (χ1v) is 9.71. The molecule has 0 spiro atoms. The van der Waals surface area contributed by atoms with Gasteiger partial charge in [0.25, 0.3) is 0 Å². The fourth-order valence-corrected chi connectivity index (χ4v) is 3.40. The van der Waals surface area contributed by atoms with Gasteiger partial charge >= 0.3 is 5.97 Å². The van der Waals surface area contributed by atoms with Gasteiger partial charge in [0.1, 0.15) is 5.60 Å². The lowest BCUT2D eigenvalue weighted by Gasteiger charge is -2.28. The summed E-state index contributed by atoms with van der Waals surface area (Å²) >= 11 is 0. The maximum Gasteiger partial charge on any atom is 0.306 e. The largest absolute Gasteiger partial charge is 0.472 e. The molecule has 150 valence electrons. The molecule has 1 aromatic heterocycles. The van der Waals surface area contributed by atoms with Crippen LogP contribution in [-0.2, 0) is 16.0 Å². The van der Waals surface area contributed by atoms with Crippen molar-refractivity contribution in [1.29, 1.82) is 0 Å². The molecule has 27 heavy (non-hydrogen) atoms. The highest BCUT2D eigenvalue weighted by atomic mass is 16.6. The number of aliphatic hydroxyl groups excluding tert-OH is 2. The quantitative estimate of drug-likeness (QED) is 0.477. The van der Waals surface area contributed by atoms with Crippen LogP contribution in [0, 0.1) is 5.92 Å². The Labute approximate surface area is 161 Å². The van der Waals surface area contributed by atoms with Crippen molar-refractivity contribution in [2.24, 2.45) is 5.92 Å². The van der Waals surface area contributed by atoms with Crippen molar-refractivity contribution in [3.8, 4) is 0 Å². The summed E-state index contributed by atoms with van der Waals surface area (Å²) in [6.07, 6.45) is 11.8. The van der Waals surface area contributed by atoms with Crippen molar-refractivity contribution >= 4 is 5.97 Å². The van der Waals surface area contributed by atoms with Gasteiger partial charge in [0.2, 0.25) is 0 Å². The molecule has 2 rings (SSSR count). The highest BCUT2D eigenvalue weighted by Crippen LogP contribution is 2.32. The number of aliphatic hydroxyl groups is 2. The summed E-state index contributed by atoms with van der Waals surface area (Å²) in [7, 11) is 0. The first-order chi connectivity index (χ1) is 12.8. The van der Waals surface area contributed by atoms with Gasteiger partial charge in [-0.2, -0.15) is 0 Å². The Hall–Kier alpha value is -1.85. The third-order valence-electron chi connectivity index (χ3n) is 5.18. The highest BCUT2D eigenvalue weighted by molar-refractivity contribution is 5.72. The molecule has 1 aromatic rings. The number of esters is 1. The second kappa shape index (κ2) is 9.90. The van der Waals surface area contributed by atoms with E-state index in [-0.39, 0.29) is 11.9 Å². The summed E-state index contributed by atoms with van der Waals surface area (Å²) in [5, 5.41) is 20.6. The zero-order chi connectivity index (χ0) is 19.9. The predicted molar refractivity (Wildman–Crippen MR) is 104 cm³/mol. The normalized spacial score (nSPS) is 24.2. The minimum Gasteiger partial charge on any atom is -0.472 e. The van der Waals surface area contributed by atoms with E-state index in [1.165, 1.54) is 0 Å². The molecule has 2 N–H and O–H groups in total. The van der Waals surface area contributed by atoms with E-state index in [4.69, 9.17) is 9.15 Å². The Morgan fingerprint density at radius 1 is 1.41 bits per heavy atom.